The van der Waals surface area contributed by atoms with Crippen LogP contribution in [0.1, 0.15) is 10.4 Å². The Balaban J connectivity index is 1.82. The van der Waals surface area contributed by atoms with Crippen LogP contribution in [0.3, 0.4) is 0 Å². The molecule has 2 rings (SSSR count). The highest BCUT2D eigenvalue weighted by molar-refractivity contribution is 5.89. The normalized spacial score (nSPS) is 9.95. The molecule has 0 aliphatic rings. The summed E-state index contributed by atoms with van der Waals surface area (Å²) in [6, 6.07) is 10.5. The van der Waals surface area contributed by atoms with Crippen LogP contribution < -0.4 is 15.8 Å². The van der Waals surface area contributed by atoms with Crippen molar-refractivity contribution in [1.29, 1.82) is 0 Å². The molecule has 2 aromatic rings. The summed E-state index contributed by atoms with van der Waals surface area (Å²) in [6.45, 7) is 1.00. The molecule has 6 heteroatoms. The van der Waals surface area contributed by atoms with Crippen molar-refractivity contribution < 1.29 is 14.3 Å². The maximum absolute atomic E-state index is 11.4. The molecule has 1 aromatic heterocycles. The van der Waals surface area contributed by atoms with E-state index in [0.717, 1.165) is 0 Å². The van der Waals surface area contributed by atoms with Gasteiger partial charge in [0.2, 0.25) is 0 Å². The van der Waals surface area contributed by atoms with Gasteiger partial charge in [-0.25, -0.2) is 9.78 Å². The lowest BCUT2D eigenvalue weighted by Gasteiger charge is -2.09. The Morgan fingerprint density at radius 3 is 2.95 bits per heavy atom. The number of carbonyl (C=O) groups excluding carboxylic acids is 1. The van der Waals surface area contributed by atoms with Crippen molar-refractivity contribution in [2.24, 2.45) is 0 Å². The van der Waals surface area contributed by atoms with Gasteiger partial charge in [-0.05, 0) is 24.3 Å². The number of carbonyl (C=O) groups is 1. The first-order chi connectivity index (χ1) is 10.2. The summed E-state index contributed by atoms with van der Waals surface area (Å²) >= 11 is 0. The van der Waals surface area contributed by atoms with Crippen LogP contribution in [0.25, 0.3) is 0 Å². The first-order valence-corrected chi connectivity index (χ1v) is 6.45. The molecular weight excluding hydrogens is 270 g/mol. The SMILES string of the molecule is COC(=O)c1ccnc(NCCOc2cccc(N)c2)c1. The van der Waals surface area contributed by atoms with E-state index in [1.165, 1.54) is 7.11 Å². The van der Waals surface area contributed by atoms with Gasteiger partial charge < -0.3 is 20.5 Å². The third kappa shape index (κ3) is 4.38. The van der Waals surface area contributed by atoms with Gasteiger partial charge in [0.05, 0.1) is 19.2 Å². The molecule has 0 unspecified atom stereocenters. The number of nitrogens with zero attached hydrogens (tertiary/aromatic N) is 1. The highest BCUT2D eigenvalue weighted by Gasteiger charge is 2.06. The Bertz CT molecular complexity index is 617. The summed E-state index contributed by atoms with van der Waals surface area (Å²) in [7, 11) is 1.34. The van der Waals surface area contributed by atoms with Crippen LogP contribution >= 0.6 is 0 Å². The summed E-state index contributed by atoms with van der Waals surface area (Å²) in [6.07, 6.45) is 1.55. The first kappa shape index (κ1) is 14.6. The van der Waals surface area contributed by atoms with Crippen LogP contribution in [-0.4, -0.2) is 31.2 Å². The Kier molecular flexibility index (Phi) is 4.98. The molecular formula is C15H17N3O3. The molecule has 0 spiro atoms. The van der Waals surface area contributed by atoms with E-state index in [0.29, 0.717) is 36.0 Å². The van der Waals surface area contributed by atoms with Gasteiger partial charge in [0.1, 0.15) is 18.2 Å². The molecule has 0 amide bonds. The Labute approximate surface area is 122 Å². The highest BCUT2D eigenvalue weighted by atomic mass is 16.5. The second-order valence-corrected chi connectivity index (χ2v) is 4.27. The molecule has 0 bridgehead atoms. The second kappa shape index (κ2) is 7.14. The molecule has 0 fully saturated rings. The summed E-state index contributed by atoms with van der Waals surface area (Å²) in [5.74, 6) is 0.915. The molecule has 0 saturated carbocycles. The van der Waals surface area contributed by atoms with E-state index in [4.69, 9.17) is 10.5 Å². The molecule has 0 radical (unpaired) electrons. The van der Waals surface area contributed by atoms with Crippen LogP contribution in [0, 0.1) is 0 Å². The van der Waals surface area contributed by atoms with E-state index < -0.39 is 5.97 Å². The monoisotopic (exact) mass is 287 g/mol. The largest absolute Gasteiger partial charge is 0.492 e. The van der Waals surface area contributed by atoms with E-state index in [9.17, 15) is 4.79 Å². The third-order valence-electron chi connectivity index (χ3n) is 2.72. The topological polar surface area (TPSA) is 86.5 Å². The first-order valence-electron chi connectivity index (χ1n) is 6.45. The maximum atomic E-state index is 11.4. The van der Waals surface area contributed by atoms with Crippen LogP contribution in [0.15, 0.2) is 42.6 Å². The zero-order valence-corrected chi connectivity index (χ0v) is 11.7. The average Bonchev–Trinajstić information content (AvgIpc) is 2.51. The van der Waals surface area contributed by atoms with Crippen molar-refractivity contribution in [3.63, 3.8) is 0 Å². The zero-order chi connectivity index (χ0) is 15.1. The fraction of sp³-hybridized carbons (Fsp3) is 0.200. The minimum Gasteiger partial charge on any atom is -0.492 e. The van der Waals surface area contributed by atoms with Gasteiger partial charge >= 0.3 is 5.97 Å². The van der Waals surface area contributed by atoms with E-state index in [1.807, 2.05) is 12.1 Å². The maximum Gasteiger partial charge on any atom is 0.338 e. The fourth-order valence-corrected chi connectivity index (χ4v) is 1.72. The minimum atomic E-state index is -0.392. The molecule has 0 atom stereocenters. The van der Waals surface area contributed by atoms with E-state index in [2.05, 4.69) is 15.0 Å². The Morgan fingerprint density at radius 1 is 1.33 bits per heavy atom. The zero-order valence-electron chi connectivity index (χ0n) is 11.7. The number of rotatable bonds is 6. The van der Waals surface area contributed by atoms with Crippen LogP contribution in [0.4, 0.5) is 11.5 Å². The predicted molar refractivity (Wildman–Crippen MR) is 80.4 cm³/mol. The van der Waals surface area contributed by atoms with Gasteiger partial charge in [-0.3, -0.25) is 0 Å². The van der Waals surface area contributed by atoms with Crippen molar-refractivity contribution in [2.45, 2.75) is 0 Å². The Morgan fingerprint density at radius 2 is 2.19 bits per heavy atom. The number of nitrogen functional groups attached to an aromatic ring is 1. The lowest BCUT2D eigenvalue weighted by molar-refractivity contribution is 0.0600. The summed E-state index contributed by atoms with van der Waals surface area (Å²) in [4.78, 5) is 15.5. The van der Waals surface area contributed by atoms with Gasteiger partial charge in [0, 0.05) is 18.0 Å². The van der Waals surface area contributed by atoms with Gasteiger partial charge in [-0.15, -0.1) is 0 Å². The van der Waals surface area contributed by atoms with Crippen LogP contribution in [-0.2, 0) is 4.74 Å². The number of pyridine rings is 1. The summed E-state index contributed by atoms with van der Waals surface area (Å²) < 4.78 is 10.2. The van der Waals surface area contributed by atoms with Gasteiger partial charge in [0.25, 0.3) is 0 Å². The number of anilines is 2. The molecule has 6 nitrogen and oxygen atoms in total. The summed E-state index contributed by atoms with van der Waals surface area (Å²) in [5.41, 5.74) is 6.77. The molecule has 3 N–H and O–H groups in total. The lowest BCUT2D eigenvalue weighted by Crippen LogP contribution is -2.13. The molecule has 1 heterocycles. The molecule has 0 saturated heterocycles. The van der Waals surface area contributed by atoms with Crippen molar-refractivity contribution >= 4 is 17.5 Å². The quantitative estimate of drug-likeness (QED) is 0.480. The molecule has 1 aromatic carbocycles. The standard InChI is InChI=1S/C15H17N3O3/c1-20-15(19)11-5-6-17-14(9-11)18-7-8-21-13-4-2-3-12(16)10-13/h2-6,9-10H,7-8,16H2,1H3,(H,17,18). The molecule has 21 heavy (non-hydrogen) atoms. The number of hydrogen-bond donors (Lipinski definition) is 2. The average molecular weight is 287 g/mol. The van der Waals surface area contributed by atoms with Crippen LogP contribution in [0.2, 0.25) is 0 Å². The smallest absolute Gasteiger partial charge is 0.338 e. The number of nitrogens with two attached hydrogens (primary N) is 1. The third-order valence-corrected chi connectivity index (χ3v) is 2.72. The number of hydrogen-bond acceptors (Lipinski definition) is 6. The van der Waals surface area contributed by atoms with Crippen molar-refractivity contribution in [2.75, 3.05) is 31.3 Å². The van der Waals surface area contributed by atoms with E-state index in [-0.39, 0.29) is 0 Å². The number of aromatic nitrogens is 1. The highest BCUT2D eigenvalue weighted by Crippen LogP contribution is 2.14. The number of esters is 1. The number of ether oxygens (including phenoxy) is 2. The number of benzene rings is 1. The van der Waals surface area contributed by atoms with Gasteiger partial charge in [-0.1, -0.05) is 6.07 Å². The molecule has 0 aliphatic carbocycles. The Hall–Kier alpha value is -2.76. The predicted octanol–water partition coefficient (Wildman–Crippen LogP) is 1.94. The minimum absolute atomic E-state index is 0.392. The fourth-order valence-electron chi connectivity index (χ4n) is 1.72. The van der Waals surface area contributed by atoms with Gasteiger partial charge in [-0.2, -0.15) is 0 Å². The van der Waals surface area contributed by atoms with Crippen molar-refractivity contribution in [3.8, 4) is 5.75 Å². The van der Waals surface area contributed by atoms with Crippen LogP contribution in [0.5, 0.6) is 5.75 Å². The van der Waals surface area contributed by atoms with Crippen molar-refractivity contribution in [3.05, 3.63) is 48.2 Å². The summed E-state index contributed by atoms with van der Waals surface area (Å²) in [5, 5.41) is 3.07. The second-order valence-electron chi connectivity index (χ2n) is 4.27. The molecule has 110 valence electrons. The lowest BCUT2D eigenvalue weighted by atomic mass is 10.2. The number of nitrogens with one attached hydrogen (secondary N) is 1. The van der Waals surface area contributed by atoms with E-state index >= 15 is 0 Å². The van der Waals surface area contributed by atoms with Crippen molar-refractivity contribution in [1.82, 2.24) is 4.98 Å². The van der Waals surface area contributed by atoms with E-state index in [1.54, 1.807) is 30.5 Å². The molecule has 0 aliphatic heterocycles. The van der Waals surface area contributed by atoms with Gasteiger partial charge in [0.15, 0.2) is 0 Å². The number of methoxy groups -OCH3 is 1.